The summed E-state index contributed by atoms with van der Waals surface area (Å²) in [5.74, 6) is 0. The Morgan fingerprint density at radius 2 is 1.65 bits per heavy atom. The molecule has 0 unspecified atom stereocenters. The van der Waals surface area contributed by atoms with Crippen LogP contribution in [0.2, 0.25) is 0 Å². The fraction of sp³-hybridized carbons (Fsp3) is 0.222. The van der Waals surface area contributed by atoms with Gasteiger partial charge in [-0.3, -0.25) is 0 Å². The molecule has 0 heterocycles. The molecule has 0 bridgehead atoms. The van der Waals surface area contributed by atoms with E-state index in [1.807, 2.05) is 20.2 Å². The van der Waals surface area contributed by atoms with Crippen LogP contribution in [0.3, 0.4) is 0 Å². The second kappa shape index (κ2) is 6.80. The van der Waals surface area contributed by atoms with Gasteiger partial charge in [-0.25, -0.2) is 0 Å². The zero-order valence-corrected chi connectivity index (χ0v) is 12.9. The molecule has 0 aliphatic rings. The molecule has 1 aromatic rings. The maximum atomic E-state index is 4.16. The van der Waals surface area contributed by atoms with Crippen LogP contribution in [-0.4, -0.2) is 7.05 Å². The van der Waals surface area contributed by atoms with Crippen molar-refractivity contribution in [2.45, 2.75) is 20.8 Å². The summed E-state index contributed by atoms with van der Waals surface area (Å²) in [7, 11) is 1.86. The number of nitrogens with one attached hydrogen (secondary N) is 2. The van der Waals surface area contributed by atoms with E-state index < -0.39 is 0 Å². The topological polar surface area (TPSA) is 24.1 Å². The SMILES string of the molecule is C=C(C)C(=C)/C(=C\NC)NC(=C)c1c(C)cccc1C. The number of benzene rings is 1. The Balaban J connectivity index is 3.07. The van der Waals surface area contributed by atoms with Crippen molar-refractivity contribution in [3.8, 4) is 0 Å². The average molecular weight is 268 g/mol. The Morgan fingerprint density at radius 3 is 2.10 bits per heavy atom. The van der Waals surface area contributed by atoms with E-state index in [1.54, 1.807) is 0 Å². The highest BCUT2D eigenvalue weighted by atomic mass is 14.9. The van der Waals surface area contributed by atoms with E-state index in [0.717, 1.165) is 28.1 Å². The van der Waals surface area contributed by atoms with Crippen LogP contribution in [0, 0.1) is 13.8 Å². The lowest BCUT2D eigenvalue weighted by molar-refractivity contribution is 1.01. The van der Waals surface area contributed by atoms with Crippen LogP contribution in [0.5, 0.6) is 0 Å². The summed E-state index contributed by atoms with van der Waals surface area (Å²) < 4.78 is 0. The van der Waals surface area contributed by atoms with Crippen molar-refractivity contribution in [3.05, 3.63) is 77.7 Å². The molecule has 1 rings (SSSR count). The number of allylic oxidation sites excluding steroid dienone is 1. The van der Waals surface area contributed by atoms with Crippen LogP contribution >= 0.6 is 0 Å². The molecule has 0 saturated carbocycles. The first-order valence-corrected chi connectivity index (χ1v) is 6.63. The molecule has 0 saturated heterocycles. The van der Waals surface area contributed by atoms with Crippen LogP contribution in [0.15, 0.2) is 61.0 Å². The molecule has 0 atom stereocenters. The third-order valence-corrected chi connectivity index (χ3v) is 3.20. The van der Waals surface area contributed by atoms with E-state index in [2.05, 4.69) is 62.4 Å². The third kappa shape index (κ3) is 3.64. The summed E-state index contributed by atoms with van der Waals surface area (Å²) in [6.07, 6.45) is 1.87. The molecule has 0 aliphatic heterocycles. The largest absolute Gasteiger partial charge is 0.392 e. The Kier molecular flexibility index (Phi) is 5.39. The van der Waals surface area contributed by atoms with Crippen LogP contribution < -0.4 is 10.6 Å². The van der Waals surface area contributed by atoms with E-state index >= 15 is 0 Å². The predicted molar refractivity (Wildman–Crippen MR) is 89.2 cm³/mol. The lowest BCUT2D eigenvalue weighted by Gasteiger charge is -2.18. The van der Waals surface area contributed by atoms with Crippen molar-refractivity contribution in [2.24, 2.45) is 0 Å². The molecule has 106 valence electrons. The lowest BCUT2D eigenvalue weighted by Crippen LogP contribution is -2.17. The first-order chi connectivity index (χ1) is 9.38. The van der Waals surface area contributed by atoms with Crippen molar-refractivity contribution >= 4 is 5.70 Å². The van der Waals surface area contributed by atoms with Gasteiger partial charge in [0.1, 0.15) is 0 Å². The summed E-state index contributed by atoms with van der Waals surface area (Å²) in [5, 5.41) is 6.36. The highest BCUT2D eigenvalue weighted by molar-refractivity contribution is 5.70. The molecule has 2 heteroatoms. The molecule has 2 N–H and O–H groups in total. The number of hydrogen-bond donors (Lipinski definition) is 2. The van der Waals surface area contributed by atoms with Crippen molar-refractivity contribution < 1.29 is 0 Å². The van der Waals surface area contributed by atoms with Gasteiger partial charge in [0.15, 0.2) is 0 Å². The van der Waals surface area contributed by atoms with Crippen molar-refractivity contribution in [3.63, 3.8) is 0 Å². The first-order valence-electron chi connectivity index (χ1n) is 6.63. The van der Waals surface area contributed by atoms with Gasteiger partial charge in [0.2, 0.25) is 0 Å². The van der Waals surface area contributed by atoms with E-state index in [-0.39, 0.29) is 0 Å². The molecular formula is C18H24N2. The maximum Gasteiger partial charge on any atom is 0.0613 e. The maximum absolute atomic E-state index is 4.16. The van der Waals surface area contributed by atoms with Gasteiger partial charge in [-0.1, -0.05) is 37.9 Å². The summed E-state index contributed by atoms with van der Waals surface area (Å²) in [5.41, 5.74) is 7.08. The van der Waals surface area contributed by atoms with E-state index in [9.17, 15) is 0 Å². The Hall–Kier alpha value is -2.22. The third-order valence-electron chi connectivity index (χ3n) is 3.20. The normalized spacial score (nSPS) is 10.9. The summed E-state index contributed by atoms with van der Waals surface area (Å²) in [6.45, 7) is 18.3. The summed E-state index contributed by atoms with van der Waals surface area (Å²) >= 11 is 0. The number of hydrogen-bond acceptors (Lipinski definition) is 2. The second-order valence-corrected chi connectivity index (χ2v) is 4.98. The monoisotopic (exact) mass is 268 g/mol. The lowest BCUT2D eigenvalue weighted by atomic mass is 10.00. The average Bonchev–Trinajstić information content (AvgIpc) is 2.37. The van der Waals surface area contributed by atoms with Gasteiger partial charge in [0.05, 0.1) is 5.70 Å². The van der Waals surface area contributed by atoms with Crippen LogP contribution in [0.4, 0.5) is 0 Å². The number of aryl methyl sites for hydroxylation is 2. The van der Waals surface area contributed by atoms with Crippen LogP contribution in [0.1, 0.15) is 23.6 Å². The fourth-order valence-corrected chi connectivity index (χ4v) is 2.09. The quantitative estimate of drug-likeness (QED) is 0.760. The van der Waals surface area contributed by atoms with Gasteiger partial charge in [0.25, 0.3) is 0 Å². The molecule has 0 spiro atoms. The van der Waals surface area contributed by atoms with Crippen molar-refractivity contribution in [1.82, 2.24) is 10.6 Å². The fourth-order valence-electron chi connectivity index (χ4n) is 2.09. The molecule has 0 aliphatic carbocycles. The van der Waals surface area contributed by atoms with Gasteiger partial charge in [-0.15, -0.1) is 0 Å². The molecule has 0 amide bonds. The zero-order valence-electron chi connectivity index (χ0n) is 12.9. The van der Waals surface area contributed by atoms with E-state index in [0.29, 0.717) is 0 Å². The zero-order chi connectivity index (χ0) is 15.3. The van der Waals surface area contributed by atoms with Crippen LogP contribution in [-0.2, 0) is 0 Å². The highest BCUT2D eigenvalue weighted by Gasteiger charge is 2.10. The Labute approximate surface area is 122 Å². The molecule has 0 fully saturated rings. The van der Waals surface area contributed by atoms with Gasteiger partial charge in [-0.05, 0) is 43.0 Å². The molecule has 1 aromatic carbocycles. The van der Waals surface area contributed by atoms with E-state index in [1.165, 1.54) is 11.1 Å². The molecular weight excluding hydrogens is 244 g/mol. The Morgan fingerprint density at radius 1 is 1.10 bits per heavy atom. The smallest absolute Gasteiger partial charge is 0.0613 e. The summed E-state index contributed by atoms with van der Waals surface area (Å²) in [6, 6.07) is 6.23. The predicted octanol–water partition coefficient (Wildman–Crippen LogP) is 4.06. The number of rotatable bonds is 6. The van der Waals surface area contributed by atoms with Crippen molar-refractivity contribution in [2.75, 3.05) is 7.05 Å². The summed E-state index contributed by atoms with van der Waals surface area (Å²) in [4.78, 5) is 0. The molecule has 0 radical (unpaired) electrons. The standard InChI is InChI=1S/C18H24N2/c1-12(2)15(5)17(11-19-7)20-16(6)18-13(3)9-8-10-14(18)4/h8-11,19-20H,1,5-6H2,2-4,7H3/b17-11+. The van der Waals surface area contributed by atoms with Gasteiger partial charge in [0, 0.05) is 24.5 Å². The first kappa shape index (κ1) is 15.8. The Bertz CT molecular complexity index is 557. The highest BCUT2D eigenvalue weighted by Crippen LogP contribution is 2.22. The van der Waals surface area contributed by atoms with Crippen molar-refractivity contribution in [1.29, 1.82) is 0 Å². The minimum Gasteiger partial charge on any atom is -0.392 e. The van der Waals surface area contributed by atoms with Crippen LogP contribution in [0.25, 0.3) is 5.70 Å². The van der Waals surface area contributed by atoms with Gasteiger partial charge >= 0.3 is 0 Å². The minimum atomic E-state index is 0.865. The van der Waals surface area contributed by atoms with Gasteiger partial charge < -0.3 is 10.6 Å². The molecule has 0 aromatic heterocycles. The molecule has 20 heavy (non-hydrogen) atoms. The second-order valence-electron chi connectivity index (χ2n) is 4.98. The molecule has 2 nitrogen and oxygen atoms in total. The minimum absolute atomic E-state index is 0.865. The van der Waals surface area contributed by atoms with Gasteiger partial charge in [-0.2, -0.15) is 0 Å². The van der Waals surface area contributed by atoms with E-state index in [4.69, 9.17) is 0 Å².